The molecule has 2 saturated heterocycles. The van der Waals surface area contributed by atoms with Gasteiger partial charge in [-0.1, -0.05) is 18.2 Å². The Hall–Kier alpha value is -3.53. The number of pyridine rings is 1. The molecule has 2 fully saturated rings. The molecule has 3 atom stereocenters. The monoisotopic (exact) mass is 542 g/mol. The van der Waals surface area contributed by atoms with E-state index < -0.39 is 18.7 Å². The molecule has 5 rings (SSSR count). The van der Waals surface area contributed by atoms with E-state index in [9.17, 15) is 22.8 Å². The van der Waals surface area contributed by atoms with Crippen molar-refractivity contribution in [3.8, 4) is 0 Å². The molecule has 0 bridgehead atoms. The Morgan fingerprint density at radius 2 is 1.74 bits per heavy atom. The van der Waals surface area contributed by atoms with Crippen LogP contribution in [0.25, 0.3) is 10.8 Å². The van der Waals surface area contributed by atoms with E-state index in [1.807, 2.05) is 44.2 Å². The molecule has 2 aromatic carbocycles. The Kier molecular flexibility index (Phi) is 7.09. The molecule has 7 nitrogen and oxygen atoms in total. The van der Waals surface area contributed by atoms with E-state index >= 15 is 0 Å². The number of esters is 1. The maximum absolute atomic E-state index is 13.6. The second-order valence-electron chi connectivity index (χ2n) is 10.8. The van der Waals surface area contributed by atoms with Crippen LogP contribution in [-0.2, 0) is 11.8 Å². The van der Waals surface area contributed by atoms with Crippen LogP contribution in [0.1, 0.15) is 34.5 Å². The fraction of sp³-hybridized carbons (Fsp3) is 0.448. The molecule has 39 heavy (non-hydrogen) atoms. The van der Waals surface area contributed by atoms with Gasteiger partial charge in [0.2, 0.25) is 0 Å². The number of nitrogens with zero attached hydrogens (tertiary/aromatic N) is 3. The van der Waals surface area contributed by atoms with E-state index in [1.165, 1.54) is 12.0 Å². The van der Waals surface area contributed by atoms with Gasteiger partial charge < -0.3 is 15.0 Å². The molecule has 1 unspecified atom stereocenters. The van der Waals surface area contributed by atoms with Crippen LogP contribution in [0, 0.1) is 18.8 Å². The highest BCUT2D eigenvalue weighted by Crippen LogP contribution is 2.37. The van der Waals surface area contributed by atoms with Gasteiger partial charge in [-0.2, -0.15) is 13.2 Å². The van der Waals surface area contributed by atoms with Crippen LogP contribution in [0.5, 0.6) is 0 Å². The SMILES string of the molecule is COC(=O)c1ccccc1NC(C)c1cc(C)cc2c(=O)n(C)c(N3C[C@H]4CN(CC(F)(F)F)C[C@H]4C3)cc12. The summed E-state index contributed by atoms with van der Waals surface area (Å²) >= 11 is 0. The van der Waals surface area contributed by atoms with Crippen LogP contribution < -0.4 is 15.8 Å². The topological polar surface area (TPSA) is 66.8 Å². The summed E-state index contributed by atoms with van der Waals surface area (Å²) in [6.07, 6.45) is -4.20. The summed E-state index contributed by atoms with van der Waals surface area (Å²) < 4.78 is 45.3. The number of hydrogen-bond acceptors (Lipinski definition) is 6. The van der Waals surface area contributed by atoms with E-state index in [1.54, 1.807) is 23.7 Å². The minimum absolute atomic E-state index is 0.120. The number of benzene rings is 2. The maximum Gasteiger partial charge on any atom is 0.401 e. The lowest BCUT2D eigenvalue weighted by molar-refractivity contribution is -0.144. The van der Waals surface area contributed by atoms with Crippen molar-refractivity contribution in [3.63, 3.8) is 0 Å². The number of methoxy groups -OCH3 is 1. The van der Waals surface area contributed by atoms with E-state index in [-0.39, 0.29) is 23.4 Å². The van der Waals surface area contributed by atoms with Gasteiger partial charge in [0.15, 0.2) is 0 Å². The fourth-order valence-electron chi connectivity index (χ4n) is 6.20. The minimum atomic E-state index is -4.20. The van der Waals surface area contributed by atoms with Crippen LogP contribution in [0.3, 0.4) is 0 Å². The third-order valence-corrected chi connectivity index (χ3v) is 7.97. The second-order valence-corrected chi connectivity index (χ2v) is 10.8. The number of alkyl halides is 3. The number of hydrogen-bond donors (Lipinski definition) is 1. The molecule has 1 N–H and O–H groups in total. The lowest BCUT2D eigenvalue weighted by Gasteiger charge is -2.26. The number of nitrogens with one attached hydrogen (secondary N) is 1. The summed E-state index contributed by atoms with van der Waals surface area (Å²) in [6.45, 7) is 5.09. The van der Waals surface area contributed by atoms with Crippen LogP contribution >= 0.6 is 0 Å². The van der Waals surface area contributed by atoms with Gasteiger partial charge >= 0.3 is 12.1 Å². The Balaban J connectivity index is 1.47. The number of likely N-dealkylation sites (tertiary alicyclic amines) is 1. The Morgan fingerprint density at radius 3 is 2.38 bits per heavy atom. The van der Waals surface area contributed by atoms with Gasteiger partial charge in [-0.05, 0) is 66.5 Å². The van der Waals surface area contributed by atoms with Gasteiger partial charge in [0, 0.05) is 50.3 Å². The average Bonchev–Trinajstić information content (AvgIpc) is 3.43. The first-order valence-corrected chi connectivity index (χ1v) is 13.1. The molecule has 1 aromatic heterocycles. The number of rotatable bonds is 6. The molecule has 208 valence electrons. The van der Waals surface area contributed by atoms with Gasteiger partial charge in [0.25, 0.3) is 5.56 Å². The van der Waals surface area contributed by atoms with Crippen molar-refractivity contribution in [2.75, 3.05) is 50.1 Å². The molecule has 2 aliphatic rings. The number of carbonyl (C=O) groups excluding carboxylic acids is 1. The molecule has 0 aliphatic carbocycles. The molecular weight excluding hydrogens is 509 g/mol. The van der Waals surface area contributed by atoms with Crippen LogP contribution in [0.4, 0.5) is 24.7 Å². The van der Waals surface area contributed by atoms with Crippen LogP contribution in [0.15, 0.2) is 47.3 Å². The zero-order valence-corrected chi connectivity index (χ0v) is 22.5. The van der Waals surface area contributed by atoms with Crippen LogP contribution in [-0.4, -0.2) is 61.4 Å². The Bertz CT molecular complexity index is 1450. The van der Waals surface area contributed by atoms with Gasteiger partial charge in [0.05, 0.1) is 19.2 Å². The number of anilines is 2. The van der Waals surface area contributed by atoms with Crippen molar-refractivity contribution < 1.29 is 22.7 Å². The smallest absolute Gasteiger partial charge is 0.401 e. The highest BCUT2D eigenvalue weighted by atomic mass is 19.4. The molecule has 3 heterocycles. The molecule has 2 aliphatic heterocycles. The van der Waals surface area contributed by atoms with E-state index in [0.717, 1.165) is 22.3 Å². The highest BCUT2D eigenvalue weighted by Gasteiger charge is 2.43. The fourth-order valence-corrected chi connectivity index (χ4v) is 6.20. The van der Waals surface area contributed by atoms with Gasteiger partial charge in [0.1, 0.15) is 5.82 Å². The van der Waals surface area contributed by atoms with Crippen molar-refractivity contribution >= 4 is 28.2 Å². The normalized spacial score (nSPS) is 20.3. The first-order chi connectivity index (χ1) is 18.4. The number of ether oxygens (including phenoxy) is 1. The van der Waals surface area contributed by atoms with E-state index in [2.05, 4.69) is 10.2 Å². The van der Waals surface area contributed by atoms with Crippen molar-refractivity contribution in [1.29, 1.82) is 0 Å². The number of fused-ring (bicyclic) bond motifs is 2. The number of carbonyl (C=O) groups is 1. The van der Waals surface area contributed by atoms with Crippen molar-refractivity contribution in [2.45, 2.75) is 26.1 Å². The lowest BCUT2D eigenvalue weighted by atomic mass is 9.97. The third kappa shape index (κ3) is 5.34. The predicted molar refractivity (Wildman–Crippen MR) is 145 cm³/mol. The second kappa shape index (κ2) is 10.2. The lowest BCUT2D eigenvalue weighted by Crippen LogP contribution is -2.36. The minimum Gasteiger partial charge on any atom is -0.465 e. The summed E-state index contributed by atoms with van der Waals surface area (Å²) in [6, 6.07) is 12.8. The predicted octanol–water partition coefficient (Wildman–Crippen LogP) is 4.74. The molecule has 0 saturated carbocycles. The Labute approximate surface area is 225 Å². The molecule has 0 spiro atoms. The number of aromatic nitrogens is 1. The molecule has 10 heteroatoms. The standard InChI is InChI=1S/C29H33F3N4O3/c1-17-9-22(18(2)33-25-8-6-5-7-21(25)28(38)39-4)23-11-26(34(3)27(37)24(23)10-17)36-14-19-12-35(13-20(19)15-36)16-29(30,31)32/h5-11,18-20,33H,12-16H2,1-4H3/t18?,19-,20+. The van der Waals surface area contributed by atoms with E-state index in [4.69, 9.17) is 4.74 Å². The molecule has 3 aromatic rings. The molecular formula is C29H33F3N4O3. The summed E-state index contributed by atoms with van der Waals surface area (Å²) in [5.41, 5.74) is 2.79. The Morgan fingerprint density at radius 1 is 1.08 bits per heavy atom. The summed E-state index contributed by atoms with van der Waals surface area (Å²) in [4.78, 5) is 29.5. The summed E-state index contributed by atoms with van der Waals surface area (Å²) in [5, 5.41) is 4.83. The van der Waals surface area contributed by atoms with Crippen molar-refractivity contribution in [1.82, 2.24) is 9.47 Å². The average molecular weight is 543 g/mol. The number of halogens is 3. The van der Waals surface area contributed by atoms with E-state index in [0.29, 0.717) is 42.8 Å². The van der Waals surface area contributed by atoms with Gasteiger partial charge in [-0.15, -0.1) is 0 Å². The largest absolute Gasteiger partial charge is 0.465 e. The molecule has 0 amide bonds. The summed E-state index contributed by atoms with van der Waals surface area (Å²) in [7, 11) is 3.09. The zero-order valence-electron chi connectivity index (χ0n) is 22.5. The van der Waals surface area contributed by atoms with Crippen molar-refractivity contribution in [3.05, 3.63) is 69.5 Å². The number of aryl methyl sites for hydroxylation is 1. The van der Waals surface area contributed by atoms with Gasteiger partial charge in [-0.25, -0.2) is 4.79 Å². The number of para-hydroxylation sites is 1. The molecule has 0 radical (unpaired) electrons. The van der Waals surface area contributed by atoms with Gasteiger partial charge in [-0.3, -0.25) is 14.3 Å². The third-order valence-electron chi connectivity index (χ3n) is 7.97. The maximum atomic E-state index is 13.6. The van der Waals surface area contributed by atoms with Crippen LogP contribution in [0.2, 0.25) is 0 Å². The van der Waals surface area contributed by atoms with Crippen molar-refractivity contribution in [2.24, 2.45) is 18.9 Å². The first-order valence-electron chi connectivity index (χ1n) is 13.1. The quantitative estimate of drug-likeness (QED) is 0.454. The first kappa shape index (κ1) is 27.1. The zero-order chi connectivity index (χ0) is 28.1. The highest BCUT2D eigenvalue weighted by molar-refractivity contribution is 5.96. The summed E-state index contributed by atoms with van der Waals surface area (Å²) in [5.74, 6) is 0.581.